The third-order valence-electron chi connectivity index (χ3n) is 4.37. The molecule has 1 aromatic rings. The van der Waals surface area contributed by atoms with Crippen LogP contribution in [0.4, 0.5) is 5.13 Å². The molecule has 1 aliphatic carbocycles. The molecule has 1 fully saturated rings. The predicted molar refractivity (Wildman–Crippen MR) is 76.0 cm³/mol. The third-order valence-corrected chi connectivity index (χ3v) is 5.57. The standard InChI is InChI=1S/C14H20N2O2S/c1-2-9-6-7-16(8-9)14-15-12-10(13(17)18)4-3-5-11(12)19-14/h9-10H,2-8H2,1H3,(H,17,18). The Balaban J connectivity index is 1.84. The van der Waals surface area contributed by atoms with Gasteiger partial charge in [0.15, 0.2) is 5.13 Å². The van der Waals surface area contributed by atoms with Gasteiger partial charge in [0.2, 0.25) is 0 Å². The van der Waals surface area contributed by atoms with E-state index in [1.165, 1.54) is 17.7 Å². The number of nitrogens with zero attached hydrogens (tertiary/aromatic N) is 2. The molecule has 1 N–H and O–H groups in total. The first-order valence-corrected chi connectivity index (χ1v) is 7.98. The molecule has 2 atom stereocenters. The zero-order chi connectivity index (χ0) is 13.4. The molecule has 5 heteroatoms. The van der Waals surface area contributed by atoms with Crippen molar-refractivity contribution in [2.75, 3.05) is 18.0 Å². The molecule has 1 aliphatic heterocycles. The Morgan fingerprint density at radius 1 is 1.53 bits per heavy atom. The third kappa shape index (κ3) is 2.36. The molecular weight excluding hydrogens is 260 g/mol. The van der Waals surface area contributed by atoms with Crippen molar-refractivity contribution in [3.63, 3.8) is 0 Å². The molecule has 2 aliphatic rings. The van der Waals surface area contributed by atoms with Gasteiger partial charge in [-0.2, -0.15) is 0 Å². The number of anilines is 1. The second kappa shape index (κ2) is 5.12. The minimum absolute atomic E-state index is 0.377. The Morgan fingerprint density at radius 3 is 3.05 bits per heavy atom. The summed E-state index contributed by atoms with van der Waals surface area (Å²) in [4.78, 5) is 19.5. The van der Waals surface area contributed by atoms with Crippen molar-refractivity contribution in [2.24, 2.45) is 5.92 Å². The highest BCUT2D eigenvalue weighted by Gasteiger charge is 2.32. The summed E-state index contributed by atoms with van der Waals surface area (Å²) in [7, 11) is 0. The fraction of sp³-hybridized carbons (Fsp3) is 0.714. The number of aryl methyl sites for hydroxylation is 1. The zero-order valence-electron chi connectivity index (χ0n) is 11.3. The van der Waals surface area contributed by atoms with Gasteiger partial charge in [0.25, 0.3) is 0 Å². The minimum Gasteiger partial charge on any atom is -0.481 e. The highest BCUT2D eigenvalue weighted by Crippen LogP contribution is 2.39. The maximum Gasteiger partial charge on any atom is 0.312 e. The Kier molecular flexibility index (Phi) is 3.48. The molecule has 0 spiro atoms. The van der Waals surface area contributed by atoms with Crippen LogP contribution < -0.4 is 4.90 Å². The molecule has 1 saturated heterocycles. The number of hydrogen-bond acceptors (Lipinski definition) is 4. The molecule has 4 nitrogen and oxygen atoms in total. The Bertz CT molecular complexity index is 486. The van der Waals surface area contributed by atoms with E-state index in [4.69, 9.17) is 0 Å². The lowest BCUT2D eigenvalue weighted by Gasteiger charge is -2.16. The lowest BCUT2D eigenvalue weighted by Crippen LogP contribution is -2.20. The monoisotopic (exact) mass is 280 g/mol. The average molecular weight is 280 g/mol. The molecule has 19 heavy (non-hydrogen) atoms. The number of carboxylic acids is 1. The highest BCUT2D eigenvalue weighted by atomic mass is 32.1. The normalized spacial score (nSPS) is 26.5. The topological polar surface area (TPSA) is 53.4 Å². The van der Waals surface area contributed by atoms with E-state index < -0.39 is 5.97 Å². The van der Waals surface area contributed by atoms with Crippen molar-refractivity contribution in [2.45, 2.75) is 44.9 Å². The number of carboxylic acid groups (broad SMARTS) is 1. The largest absolute Gasteiger partial charge is 0.481 e. The van der Waals surface area contributed by atoms with Gasteiger partial charge >= 0.3 is 5.97 Å². The first-order chi connectivity index (χ1) is 9.19. The van der Waals surface area contributed by atoms with Crippen LogP contribution in [-0.4, -0.2) is 29.1 Å². The van der Waals surface area contributed by atoms with Crippen LogP contribution in [-0.2, 0) is 11.2 Å². The van der Waals surface area contributed by atoms with Crippen LogP contribution in [0.2, 0.25) is 0 Å². The van der Waals surface area contributed by atoms with Gasteiger partial charge in [0.1, 0.15) is 5.92 Å². The molecule has 1 aromatic heterocycles. The molecule has 104 valence electrons. The maximum atomic E-state index is 11.3. The summed E-state index contributed by atoms with van der Waals surface area (Å²) in [5.41, 5.74) is 0.846. The summed E-state index contributed by atoms with van der Waals surface area (Å²) in [6, 6.07) is 0. The Morgan fingerprint density at radius 2 is 2.37 bits per heavy atom. The minimum atomic E-state index is -0.717. The van der Waals surface area contributed by atoms with Gasteiger partial charge in [-0.3, -0.25) is 4.79 Å². The number of fused-ring (bicyclic) bond motifs is 1. The molecule has 0 saturated carbocycles. The van der Waals surface area contributed by atoms with Crippen molar-refractivity contribution >= 4 is 22.4 Å². The van der Waals surface area contributed by atoms with E-state index in [-0.39, 0.29) is 5.92 Å². The molecule has 0 bridgehead atoms. The van der Waals surface area contributed by atoms with E-state index in [2.05, 4.69) is 16.8 Å². The summed E-state index contributed by atoms with van der Waals surface area (Å²) in [6.45, 7) is 4.39. The number of aliphatic carboxylic acids is 1. The SMILES string of the molecule is CCC1CCN(c2nc3c(s2)CCCC3C(=O)O)C1. The number of carbonyl (C=O) groups is 1. The molecule has 0 radical (unpaired) electrons. The van der Waals surface area contributed by atoms with Gasteiger partial charge in [-0.1, -0.05) is 13.3 Å². The lowest BCUT2D eigenvalue weighted by molar-refractivity contribution is -0.139. The first kappa shape index (κ1) is 12.9. The summed E-state index contributed by atoms with van der Waals surface area (Å²) in [5.74, 6) is -0.319. The molecule has 0 amide bonds. The van der Waals surface area contributed by atoms with E-state index in [9.17, 15) is 9.90 Å². The molecular formula is C14H20N2O2S. The van der Waals surface area contributed by atoms with Gasteiger partial charge in [-0.25, -0.2) is 4.98 Å². The first-order valence-electron chi connectivity index (χ1n) is 7.16. The van der Waals surface area contributed by atoms with Crippen molar-refractivity contribution in [1.29, 1.82) is 0 Å². The summed E-state index contributed by atoms with van der Waals surface area (Å²) < 4.78 is 0. The predicted octanol–water partition coefficient (Wildman–Crippen LogP) is 2.88. The molecule has 0 aromatic carbocycles. The van der Waals surface area contributed by atoms with Gasteiger partial charge < -0.3 is 10.0 Å². The van der Waals surface area contributed by atoms with Crippen LogP contribution in [0, 0.1) is 5.92 Å². The van der Waals surface area contributed by atoms with Crippen LogP contribution in [0.15, 0.2) is 0 Å². The fourth-order valence-electron chi connectivity index (χ4n) is 3.12. The van der Waals surface area contributed by atoms with Gasteiger partial charge in [-0.05, 0) is 31.6 Å². The molecule has 2 unspecified atom stereocenters. The van der Waals surface area contributed by atoms with Crippen molar-refractivity contribution in [1.82, 2.24) is 4.98 Å². The zero-order valence-corrected chi connectivity index (χ0v) is 12.1. The number of rotatable bonds is 3. The molecule has 2 heterocycles. The fourth-order valence-corrected chi connectivity index (χ4v) is 4.32. The smallest absolute Gasteiger partial charge is 0.312 e. The van der Waals surface area contributed by atoms with Crippen LogP contribution >= 0.6 is 11.3 Å². The van der Waals surface area contributed by atoms with Crippen molar-refractivity contribution in [3.8, 4) is 0 Å². The maximum absolute atomic E-state index is 11.3. The average Bonchev–Trinajstić information content (AvgIpc) is 3.03. The van der Waals surface area contributed by atoms with Crippen molar-refractivity contribution < 1.29 is 9.90 Å². The van der Waals surface area contributed by atoms with Gasteiger partial charge in [-0.15, -0.1) is 11.3 Å². The van der Waals surface area contributed by atoms with E-state index in [0.717, 1.165) is 49.1 Å². The molecule has 3 rings (SSSR count). The number of hydrogen-bond donors (Lipinski definition) is 1. The van der Waals surface area contributed by atoms with E-state index in [0.29, 0.717) is 0 Å². The second-order valence-electron chi connectivity index (χ2n) is 5.60. The van der Waals surface area contributed by atoms with Crippen LogP contribution in [0.1, 0.15) is 49.1 Å². The lowest BCUT2D eigenvalue weighted by atomic mass is 9.91. The highest BCUT2D eigenvalue weighted by molar-refractivity contribution is 7.15. The van der Waals surface area contributed by atoms with Crippen LogP contribution in [0.25, 0.3) is 0 Å². The van der Waals surface area contributed by atoms with E-state index in [1.807, 2.05) is 0 Å². The quantitative estimate of drug-likeness (QED) is 0.925. The van der Waals surface area contributed by atoms with Crippen molar-refractivity contribution in [3.05, 3.63) is 10.6 Å². The van der Waals surface area contributed by atoms with Crippen LogP contribution in [0.3, 0.4) is 0 Å². The summed E-state index contributed by atoms with van der Waals surface area (Å²) in [5, 5.41) is 10.3. The van der Waals surface area contributed by atoms with E-state index >= 15 is 0 Å². The summed E-state index contributed by atoms with van der Waals surface area (Å²) >= 11 is 1.72. The Hall–Kier alpha value is -1.10. The number of aromatic nitrogens is 1. The van der Waals surface area contributed by atoms with Gasteiger partial charge in [0.05, 0.1) is 5.69 Å². The Labute approximate surface area is 117 Å². The summed E-state index contributed by atoms with van der Waals surface area (Å²) in [6.07, 6.45) is 5.18. The second-order valence-corrected chi connectivity index (χ2v) is 6.66. The number of thiazole rings is 1. The van der Waals surface area contributed by atoms with E-state index in [1.54, 1.807) is 11.3 Å². The van der Waals surface area contributed by atoms with Gasteiger partial charge in [0, 0.05) is 18.0 Å². The van der Waals surface area contributed by atoms with Crippen LogP contribution in [0.5, 0.6) is 0 Å².